The number of nitrogens with zero attached hydrogens (tertiary/aromatic N) is 1. The largest absolute Gasteiger partial charge is 0.360 e. The summed E-state index contributed by atoms with van der Waals surface area (Å²) in [6, 6.07) is 10.8. The van der Waals surface area contributed by atoms with E-state index in [1.54, 1.807) is 0 Å². The van der Waals surface area contributed by atoms with Crippen LogP contribution in [0.15, 0.2) is 30.3 Å². The Hall–Kier alpha value is -1.09. The summed E-state index contributed by atoms with van der Waals surface area (Å²) in [5.41, 5.74) is 2.64. The predicted molar refractivity (Wildman–Crippen MR) is 101 cm³/mol. The molecule has 1 aromatic carbocycles. The predicted octanol–water partition coefficient (Wildman–Crippen LogP) is 5.77. The standard InChI is InChI=1S/C20H33NOSi/c1-14(2)23(15(3)4,16(5)6)21-18(20(7,8)19(21)22)17-12-10-9-11-13-17/h9-16,18H,1-8H3. The molecule has 0 radical (unpaired) electrons. The molecule has 1 aromatic rings. The van der Waals surface area contributed by atoms with Crippen LogP contribution in [0.1, 0.15) is 67.0 Å². The number of hydrogen-bond acceptors (Lipinski definition) is 1. The van der Waals surface area contributed by atoms with E-state index in [0.29, 0.717) is 22.5 Å². The van der Waals surface area contributed by atoms with Crippen molar-refractivity contribution in [2.24, 2.45) is 5.41 Å². The summed E-state index contributed by atoms with van der Waals surface area (Å²) in [7, 11) is -1.96. The minimum absolute atomic E-state index is 0.218. The van der Waals surface area contributed by atoms with E-state index in [-0.39, 0.29) is 11.5 Å². The van der Waals surface area contributed by atoms with Crippen LogP contribution < -0.4 is 0 Å². The van der Waals surface area contributed by atoms with E-state index in [0.717, 1.165) is 0 Å². The van der Waals surface area contributed by atoms with Crippen LogP contribution in [0.25, 0.3) is 0 Å². The second-order valence-corrected chi connectivity index (χ2v) is 14.3. The zero-order valence-corrected chi connectivity index (χ0v) is 17.1. The molecule has 1 atom stereocenters. The first-order chi connectivity index (χ1) is 10.6. The van der Waals surface area contributed by atoms with Crippen LogP contribution in [0.5, 0.6) is 0 Å². The maximum Gasteiger partial charge on any atom is 0.223 e. The molecule has 1 aliphatic rings. The van der Waals surface area contributed by atoms with Crippen LogP contribution in [-0.4, -0.2) is 18.7 Å². The smallest absolute Gasteiger partial charge is 0.223 e. The molecule has 1 heterocycles. The number of rotatable bonds is 5. The summed E-state index contributed by atoms with van der Waals surface area (Å²) in [6.07, 6.45) is 0. The highest BCUT2D eigenvalue weighted by Gasteiger charge is 2.64. The third-order valence-corrected chi connectivity index (χ3v) is 12.9. The zero-order chi connectivity index (χ0) is 17.6. The molecule has 23 heavy (non-hydrogen) atoms. The number of amides is 1. The van der Waals surface area contributed by atoms with Crippen molar-refractivity contribution in [1.29, 1.82) is 0 Å². The fraction of sp³-hybridized carbons (Fsp3) is 0.650. The van der Waals surface area contributed by atoms with Gasteiger partial charge in [-0.15, -0.1) is 0 Å². The topological polar surface area (TPSA) is 20.3 Å². The van der Waals surface area contributed by atoms with Crippen LogP contribution in [0, 0.1) is 5.41 Å². The molecular formula is C20H33NOSi. The summed E-state index contributed by atoms with van der Waals surface area (Å²) in [5.74, 6) is 0.356. The Morgan fingerprint density at radius 1 is 0.913 bits per heavy atom. The van der Waals surface area contributed by atoms with Crippen LogP contribution >= 0.6 is 0 Å². The van der Waals surface area contributed by atoms with Gasteiger partial charge in [0.25, 0.3) is 0 Å². The maximum absolute atomic E-state index is 13.2. The fourth-order valence-corrected chi connectivity index (χ4v) is 12.5. The highest BCUT2D eigenvalue weighted by atomic mass is 28.3. The first kappa shape index (κ1) is 18.2. The highest BCUT2D eigenvalue weighted by molar-refractivity contribution is 6.83. The van der Waals surface area contributed by atoms with Gasteiger partial charge in [-0.1, -0.05) is 71.9 Å². The summed E-state index contributed by atoms with van der Waals surface area (Å²) in [4.78, 5) is 13.2. The summed E-state index contributed by atoms with van der Waals surface area (Å²) < 4.78 is 2.36. The normalized spacial score (nSPS) is 21.3. The van der Waals surface area contributed by atoms with Crippen molar-refractivity contribution in [3.05, 3.63) is 35.9 Å². The van der Waals surface area contributed by atoms with Gasteiger partial charge in [0, 0.05) is 0 Å². The van der Waals surface area contributed by atoms with Gasteiger partial charge in [0.2, 0.25) is 5.91 Å². The lowest BCUT2D eigenvalue weighted by molar-refractivity contribution is -0.159. The summed E-state index contributed by atoms with van der Waals surface area (Å²) in [6.45, 7) is 18.2. The SMILES string of the molecule is CC(C)[Si](C(C)C)(C(C)C)N1C(=O)C(C)(C)C1c1ccccc1. The van der Waals surface area contributed by atoms with Gasteiger partial charge >= 0.3 is 0 Å². The quantitative estimate of drug-likeness (QED) is 0.495. The van der Waals surface area contributed by atoms with E-state index < -0.39 is 8.24 Å². The van der Waals surface area contributed by atoms with Crippen molar-refractivity contribution in [3.63, 3.8) is 0 Å². The molecule has 0 bridgehead atoms. The molecule has 1 aliphatic heterocycles. The van der Waals surface area contributed by atoms with E-state index >= 15 is 0 Å². The van der Waals surface area contributed by atoms with E-state index in [2.05, 4.69) is 90.3 Å². The second-order valence-electron chi connectivity index (χ2n) is 8.56. The van der Waals surface area contributed by atoms with E-state index in [1.165, 1.54) is 5.56 Å². The molecular weight excluding hydrogens is 298 g/mol. The molecule has 2 nitrogen and oxygen atoms in total. The van der Waals surface area contributed by atoms with Gasteiger partial charge in [0.15, 0.2) is 8.24 Å². The monoisotopic (exact) mass is 331 g/mol. The first-order valence-corrected chi connectivity index (χ1v) is 11.2. The van der Waals surface area contributed by atoms with Crippen LogP contribution in [0.4, 0.5) is 0 Å². The van der Waals surface area contributed by atoms with Gasteiger partial charge in [-0.25, -0.2) is 0 Å². The molecule has 0 N–H and O–H groups in total. The van der Waals surface area contributed by atoms with Crippen LogP contribution in [0.3, 0.4) is 0 Å². The first-order valence-electron chi connectivity index (χ1n) is 8.98. The molecule has 0 aliphatic carbocycles. The average molecular weight is 332 g/mol. The van der Waals surface area contributed by atoms with Crippen LogP contribution in [-0.2, 0) is 4.79 Å². The molecule has 128 valence electrons. The summed E-state index contributed by atoms with van der Waals surface area (Å²) in [5, 5.41) is 0. The Morgan fingerprint density at radius 3 is 1.74 bits per heavy atom. The third-order valence-electron chi connectivity index (χ3n) is 6.02. The lowest BCUT2D eigenvalue weighted by atomic mass is 9.73. The molecule has 2 rings (SSSR count). The molecule has 3 heteroatoms. The minimum atomic E-state index is -1.96. The van der Waals surface area contributed by atoms with E-state index in [4.69, 9.17) is 0 Å². The molecule has 0 spiro atoms. The number of hydrogen-bond donors (Lipinski definition) is 0. The summed E-state index contributed by atoms with van der Waals surface area (Å²) >= 11 is 0. The van der Waals surface area contributed by atoms with Gasteiger partial charge in [-0.2, -0.15) is 0 Å². The Morgan fingerprint density at radius 2 is 1.35 bits per heavy atom. The van der Waals surface area contributed by atoms with E-state index in [1.807, 2.05) is 0 Å². The Kier molecular flexibility index (Phi) is 4.83. The molecule has 0 saturated carbocycles. The Balaban J connectivity index is 2.60. The van der Waals surface area contributed by atoms with Crippen LogP contribution in [0.2, 0.25) is 16.6 Å². The minimum Gasteiger partial charge on any atom is -0.360 e. The van der Waals surface area contributed by atoms with Gasteiger partial charge in [0.1, 0.15) is 0 Å². The van der Waals surface area contributed by atoms with Crippen molar-refractivity contribution in [2.45, 2.75) is 78.1 Å². The fourth-order valence-electron chi connectivity index (χ4n) is 5.24. The van der Waals surface area contributed by atoms with Crippen molar-refractivity contribution in [3.8, 4) is 0 Å². The van der Waals surface area contributed by atoms with Gasteiger partial charge in [-0.05, 0) is 36.0 Å². The van der Waals surface area contributed by atoms with Crippen molar-refractivity contribution in [2.75, 3.05) is 0 Å². The van der Waals surface area contributed by atoms with E-state index in [9.17, 15) is 4.79 Å². The molecule has 1 unspecified atom stereocenters. The van der Waals surface area contributed by atoms with Gasteiger partial charge < -0.3 is 4.57 Å². The Bertz CT molecular complexity index is 540. The highest BCUT2D eigenvalue weighted by Crippen LogP contribution is 2.58. The second kappa shape index (κ2) is 6.08. The molecule has 0 aromatic heterocycles. The number of benzene rings is 1. The van der Waals surface area contributed by atoms with Gasteiger partial charge in [0.05, 0.1) is 11.5 Å². The maximum atomic E-state index is 13.2. The van der Waals surface area contributed by atoms with Crippen molar-refractivity contribution >= 4 is 14.1 Å². The lowest BCUT2D eigenvalue weighted by Gasteiger charge is -2.64. The molecule has 1 amide bonds. The average Bonchev–Trinajstić information content (AvgIpc) is 2.46. The zero-order valence-electron chi connectivity index (χ0n) is 16.1. The molecule has 1 fully saturated rings. The number of β-lactam (4-membered cyclic amide) rings is 1. The number of carbonyl (C=O) groups is 1. The van der Waals surface area contributed by atoms with Crippen molar-refractivity contribution < 1.29 is 4.79 Å². The molecule has 1 saturated heterocycles. The third kappa shape index (κ3) is 2.48. The lowest BCUT2D eigenvalue weighted by Crippen LogP contribution is -2.74. The number of carbonyl (C=O) groups excluding carboxylic acids is 1. The van der Waals surface area contributed by atoms with Gasteiger partial charge in [-0.3, -0.25) is 4.79 Å². The van der Waals surface area contributed by atoms with Crippen molar-refractivity contribution in [1.82, 2.24) is 4.57 Å². The Labute approximate surface area is 143 Å².